The van der Waals surface area contributed by atoms with Gasteiger partial charge in [-0.05, 0) is 31.6 Å². The van der Waals surface area contributed by atoms with E-state index in [0.717, 1.165) is 38.5 Å². The highest BCUT2D eigenvalue weighted by atomic mass is 16.6. The summed E-state index contributed by atoms with van der Waals surface area (Å²) >= 11 is 0. The lowest BCUT2D eigenvalue weighted by molar-refractivity contribution is 0.143. The predicted octanol–water partition coefficient (Wildman–Crippen LogP) is 3.46. The number of carbonyl (C=O) groups is 2. The summed E-state index contributed by atoms with van der Waals surface area (Å²) < 4.78 is 10.0. The van der Waals surface area contributed by atoms with E-state index in [1.165, 1.54) is 0 Å². The minimum Gasteiger partial charge on any atom is -0.450 e. The number of rotatable bonds is 12. The summed E-state index contributed by atoms with van der Waals surface area (Å²) in [6, 6.07) is 0. The lowest BCUT2D eigenvalue weighted by Crippen LogP contribution is -2.30. The van der Waals surface area contributed by atoms with Crippen LogP contribution in [-0.4, -0.2) is 38.5 Å². The zero-order chi connectivity index (χ0) is 16.6. The molecule has 1 atom stereocenters. The van der Waals surface area contributed by atoms with Crippen molar-refractivity contribution >= 4 is 12.2 Å². The second kappa shape index (κ2) is 14.5. The summed E-state index contributed by atoms with van der Waals surface area (Å²) in [7, 11) is 0. The van der Waals surface area contributed by atoms with Gasteiger partial charge in [0.05, 0.1) is 13.2 Å². The molecule has 0 aliphatic carbocycles. The number of amides is 2. The Balaban J connectivity index is 3.47. The van der Waals surface area contributed by atoms with Crippen molar-refractivity contribution < 1.29 is 19.1 Å². The predicted molar refractivity (Wildman–Crippen MR) is 86.9 cm³/mol. The van der Waals surface area contributed by atoms with Crippen LogP contribution in [0.1, 0.15) is 59.3 Å². The van der Waals surface area contributed by atoms with Gasteiger partial charge in [-0.15, -0.1) is 0 Å². The summed E-state index contributed by atoms with van der Waals surface area (Å²) in [5.74, 6) is 0.344. The summed E-state index contributed by atoms with van der Waals surface area (Å²) in [5.41, 5.74) is 0. The summed E-state index contributed by atoms with van der Waals surface area (Å²) in [6.45, 7) is 8.30. The molecule has 0 aromatic rings. The standard InChI is InChI=1S/C16H32N2O4/c1-4-6-11-21-15(19)17-10-8-9-14(3)13-18-16(20)22-12-7-5-2/h14H,4-13H2,1-3H3,(H,17,19)(H,18,20). The largest absolute Gasteiger partial charge is 0.450 e. The highest BCUT2D eigenvalue weighted by Gasteiger charge is 2.07. The Kier molecular flexibility index (Phi) is 13.5. The molecule has 0 aliphatic heterocycles. The molecule has 0 heterocycles. The first kappa shape index (κ1) is 20.5. The van der Waals surface area contributed by atoms with Crippen molar-refractivity contribution in [3.63, 3.8) is 0 Å². The van der Waals surface area contributed by atoms with Crippen molar-refractivity contribution in [2.75, 3.05) is 26.3 Å². The van der Waals surface area contributed by atoms with E-state index in [4.69, 9.17) is 9.47 Å². The molecule has 130 valence electrons. The topological polar surface area (TPSA) is 76.7 Å². The van der Waals surface area contributed by atoms with Gasteiger partial charge in [0.1, 0.15) is 0 Å². The highest BCUT2D eigenvalue weighted by Crippen LogP contribution is 2.03. The van der Waals surface area contributed by atoms with Crippen LogP contribution in [0.25, 0.3) is 0 Å². The summed E-state index contributed by atoms with van der Waals surface area (Å²) in [6.07, 6.45) is 4.89. The van der Waals surface area contributed by atoms with E-state index < -0.39 is 0 Å². The molecule has 0 aromatic carbocycles. The first-order valence-corrected chi connectivity index (χ1v) is 8.41. The van der Waals surface area contributed by atoms with Gasteiger partial charge in [-0.25, -0.2) is 9.59 Å². The minimum atomic E-state index is -0.349. The third-order valence-electron chi connectivity index (χ3n) is 3.20. The van der Waals surface area contributed by atoms with E-state index in [2.05, 4.69) is 31.4 Å². The third-order valence-corrected chi connectivity index (χ3v) is 3.20. The van der Waals surface area contributed by atoms with Gasteiger partial charge >= 0.3 is 12.2 Å². The Morgan fingerprint density at radius 1 is 0.909 bits per heavy atom. The molecule has 1 unspecified atom stereocenters. The maximum Gasteiger partial charge on any atom is 0.407 e. The van der Waals surface area contributed by atoms with Gasteiger partial charge in [0.2, 0.25) is 0 Å². The van der Waals surface area contributed by atoms with Crippen LogP contribution in [-0.2, 0) is 9.47 Å². The number of ether oxygens (including phenoxy) is 2. The number of unbranched alkanes of at least 4 members (excludes halogenated alkanes) is 2. The fraction of sp³-hybridized carbons (Fsp3) is 0.875. The summed E-state index contributed by atoms with van der Waals surface area (Å²) in [5, 5.41) is 5.48. The third kappa shape index (κ3) is 13.5. The zero-order valence-corrected chi connectivity index (χ0v) is 14.3. The van der Waals surface area contributed by atoms with Gasteiger partial charge in [0.25, 0.3) is 0 Å². The van der Waals surface area contributed by atoms with Crippen LogP contribution in [0.3, 0.4) is 0 Å². The highest BCUT2D eigenvalue weighted by molar-refractivity contribution is 5.67. The molecular formula is C16H32N2O4. The van der Waals surface area contributed by atoms with Crippen molar-refractivity contribution in [2.45, 2.75) is 59.3 Å². The Morgan fingerprint density at radius 3 is 2.00 bits per heavy atom. The van der Waals surface area contributed by atoms with Crippen molar-refractivity contribution in [1.29, 1.82) is 0 Å². The van der Waals surface area contributed by atoms with Gasteiger partial charge in [-0.3, -0.25) is 0 Å². The number of hydrogen-bond acceptors (Lipinski definition) is 4. The minimum absolute atomic E-state index is 0.344. The molecule has 0 saturated heterocycles. The summed E-state index contributed by atoms with van der Waals surface area (Å²) in [4.78, 5) is 22.7. The van der Waals surface area contributed by atoms with Crippen LogP contribution in [0, 0.1) is 5.92 Å². The van der Waals surface area contributed by atoms with Crippen molar-refractivity contribution in [2.24, 2.45) is 5.92 Å². The Labute approximate surface area is 134 Å². The van der Waals surface area contributed by atoms with Crippen LogP contribution >= 0.6 is 0 Å². The van der Waals surface area contributed by atoms with Crippen molar-refractivity contribution in [3.05, 3.63) is 0 Å². The molecule has 0 bridgehead atoms. The second-order valence-corrected chi connectivity index (χ2v) is 5.53. The van der Waals surface area contributed by atoms with Crippen molar-refractivity contribution in [3.8, 4) is 0 Å². The maximum atomic E-state index is 11.4. The Morgan fingerprint density at radius 2 is 1.45 bits per heavy atom. The van der Waals surface area contributed by atoms with Gasteiger partial charge in [-0.1, -0.05) is 33.6 Å². The number of hydrogen-bond donors (Lipinski definition) is 2. The van der Waals surface area contributed by atoms with Crippen LogP contribution in [0.2, 0.25) is 0 Å². The van der Waals surface area contributed by atoms with Gasteiger partial charge in [0.15, 0.2) is 0 Å². The van der Waals surface area contributed by atoms with E-state index in [1.807, 2.05) is 0 Å². The first-order valence-electron chi connectivity index (χ1n) is 8.41. The van der Waals surface area contributed by atoms with Crippen LogP contribution in [0.5, 0.6) is 0 Å². The quantitative estimate of drug-likeness (QED) is 0.541. The molecule has 2 N–H and O–H groups in total. The maximum absolute atomic E-state index is 11.4. The monoisotopic (exact) mass is 316 g/mol. The van der Waals surface area contributed by atoms with Crippen LogP contribution in [0.15, 0.2) is 0 Å². The molecule has 6 heteroatoms. The molecule has 2 amide bonds. The molecule has 0 aliphatic rings. The second-order valence-electron chi connectivity index (χ2n) is 5.53. The lowest BCUT2D eigenvalue weighted by atomic mass is 10.1. The fourth-order valence-electron chi connectivity index (χ4n) is 1.72. The zero-order valence-electron chi connectivity index (χ0n) is 14.3. The number of alkyl carbamates (subject to hydrolysis) is 2. The fourth-order valence-corrected chi connectivity index (χ4v) is 1.72. The molecular weight excluding hydrogens is 284 g/mol. The lowest BCUT2D eigenvalue weighted by Gasteiger charge is -2.13. The van der Waals surface area contributed by atoms with Gasteiger partial charge in [0, 0.05) is 13.1 Å². The SMILES string of the molecule is CCCCOC(=O)NCCCC(C)CNC(=O)OCCCC. The van der Waals surface area contributed by atoms with E-state index in [-0.39, 0.29) is 12.2 Å². The van der Waals surface area contributed by atoms with Crippen molar-refractivity contribution in [1.82, 2.24) is 10.6 Å². The Bertz CT molecular complexity index is 298. The number of nitrogens with one attached hydrogen (secondary N) is 2. The van der Waals surface area contributed by atoms with Gasteiger partial charge < -0.3 is 20.1 Å². The average molecular weight is 316 g/mol. The van der Waals surface area contributed by atoms with Crippen LogP contribution in [0.4, 0.5) is 9.59 Å². The first-order chi connectivity index (χ1) is 10.6. The molecule has 0 fully saturated rings. The molecule has 0 rings (SSSR count). The molecule has 0 aromatic heterocycles. The molecule has 0 saturated carbocycles. The molecule has 22 heavy (non-hydrogen) atoms. The Hall–Kier alpha value is -1.46. The van der Waals surface area contributed by atoms with E-state index in [9.17, 15) is 9.59 Å². The van der Waals surface area contributed by atoms with E-state index >= 15 is 0 Å². The van der Waals surface area contributed by atoms with Crippen LogP contribution < -0.4 is 10.6 Å². The molecule has 0 radical (unpaired) electrons. The smallest absolute Gasteiger partial charge is 0.407 e. The number of carbonyl (C=O) groups excluding carboxylic acids is 2. The molecule has 6 nitrogen and oxygen atoms in total. The van der Waals surface area contributed by atoms with Gasteiger partial charge in [-0.2, -0.15) is 0 Å². The van der Waals surface area contributed by atoms with E-state index in [1.54, 1.807) is 0 Å². The average Bonchev–Trinajstić information content (AvgIpc) is 2.50. The molecule has 0 spiro atoms. The van der Waals surface area contributed by atoms with E-state index in [0.29, 0.717) is 32.2 Å². The normalized spacial score (nSPS) is 11.6.